The average molecular weight is 530 g/mol. The summed E-state index contributed by atoms with van der Waals surface area (Å²) in [6, 6.07) is 19.5. The van der Waals surface area contributed by atoms with Gasteiger partial charge in [-0.2, -0.15) is 0 Å². The second-order valence-corrected chi connectivity index (χ2v) is 9.64. The minimum Gasteiger partial charge on any atom is -0.496 e. The van der Waals surface area contributed by atoms with Crippen molar-refractivity contribution in [3.05, 3.63) is 77.9 Å². The zero-order valence-corrected chi connectivity index (χ0v) is 21.9. The van der Waals surface area contributed by atoms with Crippen LogP contribution in [0.25, 0.3) is 11.1 Å². The highest BCUT2D eigenvalue weighted by molar-refractivity contribution is 5.96. The van der Waals surface area contributed by atoms with E-state index in [1.54, 1.807) is 42.3 Å². The van der Waals surface area contributed by atoms with Gasteiger partial charge in [-0.05, 0) is 53.6 Å². The Morgan fingerprint density at radius 1 is 1.00 bits per heavy atom. The molecule has 0 radical (unpaired) electrons. The fraction of sp³-hybridized carbons (Fsp3) is 0.300. The predicted octanol–water partition coefficient (Wildman–Crippen LogP) is 3.17. The van der Waals surface area contributed by atoms with Crippen LogP contribution in [0.5, 0.6) is 17.2 Å². The lowest BCUT2D eigenvalue weighted by Crippen LogP contribution is -2.57. The van der Waals surface area contributed by atoms with Gasteiger partial charge < -0.3 is 29.7 Å². The van der Waals surface area contributed by atoms with Crippen LogP contribution in [0.4, 0.5) is 0 Å². The summed E-state index contributed by atoms with van der Waals surface area (Å²) >= 11 is 0. The maximum absolute atomic E-state index is 13.5. The number of ether oxygens (including phenoxy) is 3. The first-order chi connectivity index (χ1) is 18.9. The van der Waals surface area contributed by atoms with Crippen molar-refractivity contribution in [1.29, 1.82) is 0 Å². The number of hydrogen-bond acceptors (Lipinski definition) is 6. The van der Waals surface area contributed by atoms with Crippen molar-refractivity contribution >= 4 is 17.7 Å². The summed E-state index contributed by atoms with van der Waals surface area (Å²) in [4.78, 5) is 39.8. The highest BCUT2D eigenvalue weighted by Crippen LogP contribution is 2.33. The fourth-order valence-electron chi connectivity index (χ4n) is 4.84. The standard InChI is InChI=1S/C30H31N3O6/c1-19(34)33-13-12-28-26(17-33)32-30(36)22-8-11-27(37-2)25(15-22)21-4-3-5-24(14-21)38-18-29(35)31-16-20-6-9-23(39-28)10-7-20/h3-11,14-15,26,28H,12-13,16-18H2,1-2H3,(H,31,35)(H,32,36)/t26-,28-/m1/s1. The Balaban J connectivity index is 1.51. The van der Waals surface area contributed by atoms with Crippen molar-refractivity contribution in [2.24, 2.45) is 0 Å². The molecule has 3 heterocycles. The van der Waals surface area contributed by atoms with Crippen LogP contribution >= 0.6 is 0 Å². The van der Waals surface area contributed by atoms with Gasteiger partial charge in [-0.25, -0.2) is 0 Å². The lowest BCUT2D eigenvalue weighted by Gasteiger charge is -2.38. The average Bonchev–Trinajstić information content (AvgIpc) is 2.95. The van der Waals surface area contributed by atoms with E-state index in [1.807, 2.05) is 36.4 Å². The molecule has 9 heteroatoms. The van der Waals surface area contributed by atoms with E-state index >= 15 is 0 Å². The molecule has 202 valence electrons. The van der Waals surface area contributed by atoms with Gasteiger partial charge in [0.25, 0.3) is 11.8 Å². The van der Waals surface area contributed by atoms with E-state index in [9.17, 15) is 14.4 Å². The monoisotopic (exact) mass is 529 g/mol. The van der Waals surface area contributed by atoms with Crippen molar-refractivity contribution in [2.45, 2.75) is 32.0 Å². The van der Waals surface area contributed by atoms with Gasteiger partial charge in [0.2, 0.25) is 5.91 Å². The first-order valence-electron chi connectivity index (χ1n) is 12.9. The first kappa shape index (κ1) is 26.1. The number of likely N-dealkylation sites (tertiary alicyclic amines) is 1. The molecule has 3 aliphatic heterocycles. The van der Waals surface area contributed by atoms with Crippen LogP contribution < -0.4 is 24.8 Å². The molecule has 1 fully saturated rings. The Morgan fingerprint density at radius 2 is 1.82 bits per heavy atom. The van der Waals surface area contributed by atoms with Crippen molar-refractivity contribution in [2.75, 3.05) is 26.8 Å². The molecule has 3 aliphatic rings. The van der Waals surface area contributed by atoms with E-state index in [1.165, 1.54) is 6.92 Å². The van der Waals surface area contributed by atoms with E-state index in [4.69, 9.17) is 14.2 Å². The fourth-order valence-corrected chi connectivity index (χ4v) is 4.84. The molecule has 2 atom stereocenters. The normalized spacial score (nSPS) is 19.5. The van der Waals surface area contributed by atoms with Gasteiger partial charge in [-0.1, -0.05) is 24.3 Å². The molecule has 9 nitrogen and oxygen atoms in total. The van der Waals surface area contributed by atoms with Crippen molar-refractivity contribution < 1.29 is 28.6 Å². The number of carbonyl (C=O) groups is 3. The van der Waals surface area contributed by atoms with Crippen LogP contribution in [0.3, 0.4) is 0 Å². The summed E-state index contributed by atoms with van der Waals surface area (Å²) in [6.45, 7) is 2.63. The van der Waals surface area contributed by atoms with Gasteiger partial charge in [0.1, 0.15) is 23.4 Å². The van der Waals surface area contributed by atoms with E-state index in [0.717, 1.165) is 11.1 Å². The van der Waals surface area contributed by atoms with Gasteiger partial charge in [0.15, 0.2) is 6.61 Å². The van der Waals surface area contributed by atoms with E-state index in [0.29, 0.717) is 54.4 Å². The molecule has 39 heavy (non-hydrogen) atoms. The predicted molar refractivity (Wildman–Crippen MR) is 145 cm³/mol. The SMILES string of the molecule is COc1ccc2cc1-c1cccc(c1)OCC(=O)NCc1ccc(cc1)O[C@@H]1CCN(C(C)=O)C[C@H]1NC2=O. The van der Waals surface area contributed by atoms with Crippen LogP contribution in [0, 0.1) is 0 Å². The Morgan fingerprint density at radius 3 is 2.59 bits per heavy atom. The van der Waals surface area contributed by atoms with E-state index < -0.39 is 6.04 Å². The van der Waals surface area contributed by atoms with Crippen LogP contribution in [0.2, 0.25) is 0 Å². The minimum atomic E-state index is -0.415. The van der Waals surface area contributed by atoms with Crippen molar-refractivity contribution in [3.8, 4) is 28.4 Å². The summed E-state index contributed by atoms with van der Waals surface area (Å²) in [5.74, 6) is 1.18. The molecule has 3 aromatic rings. The third-order valence-corrected chi connectivity index (χ3v) is 6.99. The number of nitrogens with one attached hydrogen (secondary N) is 2. The molecule has 2 N–H and O–H groups in total. The summed E-state index contributed by atoms with van der Waals surface area (Å²) in [5.41, 5.74) is 2.83. The van der Waals surface area contributed by atoms with Crippen LogP contribution in [-0.4, -0.2) is 61.6 Å². The molecule has 6 bridgehead atoms. The molecule has 0 aromatic heterocycles. The Kier molecular flexibility index (Phi) is 7.67. The number of carbonyl (C=O) groups excluding carboxylic acids is 3. The largest absolute Gasteiger partial charge is 0.496 e. The van der Waals surface area contributed by atoms with Crippen molar-refractivity contribution in [1.82, 2.24) is 15.5 Å². The van der Waals surface area contributed by atoms with Gasteiger partial charge in [-0.15, -0.1) is 0 Å². The van der Waals surface area contributed by atoms with Gasteiger partial charge in [-0.3, -0.25) is 14.4 Å². The Bertz CT molecular complexity index is 1370. The number of methoxy groups -OCH3 is 1. The molecule has 0 unspecified atom stereocenters. The second-order valence-electron chi connectivity index (χ2n) is 9.64. The van der Waals surface area contributed by atoms with Crippen LogP contribution in [-0.2, 0) is 16.1 Å². The number of amides is 3. The molecule has 3 aromatic carbocycles. The number of rotatable bonds is 1. The second kappa shape index (κ2) is 11.5. The minimum absolute atomic E-state index is 0.0469. The van der Waals surface area contributed by atoms with E-state index in [2.05, 4.69) is 10.6 Å². The number of fused-ring (bicyclic) bond motifs is 7. The van der Waals surface area contributed by atoms with Crippen LogP contribution in [0.1, 0.15) is 29.3 Å². The smallest absolute Gasteiger partial charge is 0.258 e. The molecular formula is C30H31N3O6. The van der Waals surface area contributed by atoms with E-state index in [-0.39, 0.29) is 30.4 Å². The number of nitrogens with zero attached hydrogens (tertiary/aromatic N) is 1. The molecule has 0 aliphatic carbocycles. The topological polar surface area (TPSA) is 106 Å². The zero-order valence-electron chi connectivity index (χ0n) is 21.9. The lowest BCUT2D eigenvalue weighted by atomic mass is 9.99. The molecular weight excluding hydrogens is 498 g/mol. The maximum Gasteiger partial charge on any atom is 0.258 e. The third-order valence-electron chi connectivity index (χ3n) is 6.99. The maximum atomic E-state index is 13.5. The Labute approximate surface area is 227 Å². The summed E-state index contributed by atoms with van der Waals surface area (Å²) in [6.07, 6.45) is 0.246. The molecule has 3 amide bonds. The number of hydrogen-bond donors (Lipinski definition) is 2. The summed E-state index contributed by atoms with van der Waals surface area (Å²) in [7, 11) is 1.57. The molecule has 1 saturated heterocycles. The lowest BCUT2D eigenvalue weighted by molar-refractivity contribution is -0.131. The van der Waals surface area contributed by atoms with Gasteiger partial charge in [0.05, 0.1) is 13.2 Å². The third kappa shape index (κ3) is 6.14. The summed E-state index contributed by atoms with van der Waals surface area (Å²) < 4.78 is 17.6. The molecule has 6 rings (SSSR count). The number of benzene rings is 3. The summed E-state index contributed by atoms with van der Waals surface area (Å²) in [5, 5.41) is 5.97. The Hall–Kier alpha value is -4.53. The van der Waals surface area contributed by atoms with Gasteiger partial charge >= 0.3 is 0 Å². The molecule has 0 spiro atoms. The van der Waals surface area contributed by atoms with Gasteiger partial charge in [0, 0.05) is 44.1 Å². The number of piperidine rings is 1. The van der Waals surface area contributed by atoms with Crippen molar-refractivity contribution in [3.63, 3.8) is 0 Å². The quantitative estimate of drug-likeness (QED) is 0.502. The molecule has 0 saturated carbocycles. The highest BCUT2D eigenvalue weighted by Gasteiger charge is 2.33. The zero-order chi connectivity index (χ0) is 27.4. The first-order valence-corrected chi connectivity index (χ1v) is 12.9. The highest BCUT2D eigenvalue weighted by atomic mass is 16.5. The van der Waals surface area contributed by atoms with Crippen LogP contribution in [0.15, 0.2) is 66.7 Å².